The van der Waals surface area contributed by atoms with Gasteiger partial charge in [-0.15, -0.1) is 0 Å². The summed E-state index contributed by atoms with van der Waals surface area (Å²) < 4.78 is 1.37. The fraction of sp³-hybridized carbons (Fsp3) is 0.150. The fourth-order valence-corrected chi connectivity index (χ4v) is 16.0. The standard InChI is InChI=1S/C16H13.C15H14Si.C9H7.2ClH.Zr/c1-12-10-14-8-5-9-15(16(14)11-12)13-6-3-2-4-7-13;1-9-13-12-8-7-10-5-4-6-11(14(10)13)15(9)16(12,2)3;1-2-5-9-7-3-6-8(9)4-1;;;/h2-11H,1H3;4-8H,1-3H3;1-7H;2*1H;/q;;;;;+2/p-2. The predicted molar refractivity (Wildman–Crippen MR) is 180 cm³/mol. The first-order valence-corrected chi connectivity index (χ1v) is 21.0. The van der Waals surface area contributed by atoms with Gasteiger partial charge in [0.25, 0.3) is 0 Å². The number of rotatable bonds is 3. The van der Waals surface area contributed by atoms with Gasteiger partial charge in [0.05, 0.1) is 0 Å². The van der Waals surface area contributed by atoms with E-state index in [4.69, 9.17) is 0 Å². The number of hydrogen-bond donors (Lipinski definition) is 0. The molecule has 0 saturated carbocycles. The number of allylic oxidation sites excluding steroid dienone is 3. The summed E-state index contributed by atoms with van der Waals surface area (Å²) in [6, 6.07) is 38.1. The zero-order valence-electron chi connectivity index (χ0n) is 25.5. The van der Waals surface area contributed by atoms with Gasteiger partial charge in [-0.25, -0.2) is 0 Å². The molecule has 0 fully saturated rings. The van der Waals surface area contributed by atoms with E-state index in [1.807, 2.05) is 0 Å². The van der Waals surface area contributed by atoms with E-state index in [2.05, 4.69) is 148 Å². The van der Waals surface area contributed by atoms with Gasteiger partial charge in [-0.1, -0.05) is 43.4 Å². The molecular weight excluding hydrogens is 671 g/mol. The second-order valence-corrected chi connectivity index (χ2v) is 20.7. The first-order valence-electron chi connectivity index (χ1n) is 15.1. The van der Waals surface area contributed by atoms with Crippen LogP contribution in [-0.2, 0) is 23.2 Å². The van der Waals surface area contributed by atoms with Crippen molar-refractivity contribution >= 4 is 47.0 Å². The first kappa shape index (κ1) is 31.3. The van der Waals surface area contributed by atoms with Crippen molar-refractivity contribution in [3.8, 4) is 11.1 Å². The van der Waals surface area contributed by atoms with Gasteiger partial charge in [-0.2, -0.15) is 0 Å². The van der Waals surface area contributed by atoms with Crippen molar-refractivity contribution in [2.45, 2.75) is 34.2 Å². The molecule has 1 aliphatic heterocycles. The van der Waals surface area contributed by atoms with Gasteiger partial charge < -0.3 is 24.8 Å². The topological polar surface area (TPSA) is 0 Å². The molecule has 9 rings (SSSR count). The minimum Gasteiger partial charge on any atom is -1.00 e. The Bertz CT molecular complexity index is 2020. The molecule has 2 atom stereocenters. The summed E-state index contributed by atoms with van der Waals surface area (Å²) in [6.45, 7) is 9.62. The van der Waals surface area contributed by atoms with Gasteiger partial charge in [0.15, 0.2) is 0 Å². The van der Waals surface area contributed by atoms with Crippen LogP contribution in [0, 0.1) is 0 Å². The van der Waals surface area contributed by atoms with Crippen LogP contribution >= 0.6 is 0 Å². The van der Waals surface area contributed by atoms with Crippen molar-refractivity contribution in [2.75, 3.05) is 0 Å². The molecule has 0 saturated heterocycles. The van der Waals surface area contributed by atoms with E-state index in [-0.39, 0.29) is 24.8 Å². The Labute approximate surface area is 286 Å². The summed E-state index contributed by atoms with van der Waals surface area (Å²) in [5, 5.41) is 6.29. The van der Waals surface area contributed by atoms with E-state index in [9.17, 15) is 0 Å². The number of halogens is 2. The van der Waals surface area contributed by atoms with E-state index in [1.54, 1.807) is 38.2 Å². The van der Waals surface area contributed by atoms with Crippen LogP contribution in [0.5, 0.6) is 0 Å². The Morgan fingerprint density at radius 3 is 2.20 bits per heavy atom. The van der Waals surface area contributed by atoms with Crippen molar-refractivity contribution in [3.63, 3.8) is 0 Å². The van der Waals surface area contributed by atoms with E-state index >= 15 is 0 Å². The molecule has 216 valence electrons. The van der Waals surface area contributed by atoms with Gasteiger partial charge in [0.1, 0.15) is 8.07 Å². The van der Waals surface area contributed by atoms with Crippen molar-refractivity contribution in [3.05, 3.63) is 148 Å². The molecule has 2 bridgehead atoms. The molecule has 0 spiro atoms. The van der Waals surface area contributed by atoms with Crippen molar-refractivity contribution < 1.29 is 48.0 Å². The minimum absolute atomic E-state index is 0. The summed E-state index contributed by atoms with van der Waals surface area (Å²) in [7, 11) is -1.35. The molecule has 2 unspecified atom stereocenters. The van der Waals surface area contributed by atoms with Crippen LogP contribution in [0.2, 0.25) is 13.1 Å². The molecule has 1 heterocycles. The molecule has 5 aromatic carbocycles. The average Bonchev–Trinajstić information content (AvgIpc) is 3.71. The van der Waals surface area contributed by atoms with Crippen molar-refractivity contribution in [1.82, 2.24) is 0 Å². The van der Waals surface area contributed by atoms with Gasteiger partial charge in [0, 0.05) is 0 Å². The molecule has 0 amide bonds. The van der Waals surface area contributed by atoms with Gasteiger partial charge in [-0.05, 0) is 44.8 Å². The maximum absolute atomic E-state index is 2.49. The molecule has 3 aliphatic carbocycles. The summed E-state index contributed by atoms with van der Waals surface area (Å²) >= 11 is -0.689. The Morgan fingerprint density at radius 1 is 0.682 bits per heavy atom. The van der Waals surface area contributed by atoms with Gasteiger partial charge in [-0.3, -0.25) is 0 Å². The van der Waals surface area contributed by atoms with Crippen molar-refractivity contribution in [2.24, 2.45) is 0 Å². The van der Waals surface area contributed by atoms with Crippen LogP contribution in [-0.4, -0.2) is 8.07 Å². The number of hydrogen-bond acceptors (Lipinski definition) is 0. The van der Waals surface area contributed by atoms with Crippen LogP contribution in [0.1, 0.15) is 54.5 Å². The van der Waals surface area contributed by atoms with E-state index in [1.165, 1.54) is 38.6 Å². The molecule has 4 aliphatic rings. The summed E-state index contributed by atoms with van der Waals surface area (Å²) in [5.41, 5.74) is 15.0. The Morgan fingerprint density at radius 2 is 1.39 bits per heavy atom. The quantitative estimate of drug-likeness (QED) is 0.247. The SMILES string of the molecule is CC1=C2c3cccc4ccc(c1c34)[Si]2(C)C.CC1=Cc2c(-c3ccccc3)cccc2[CH]1[Zr+2][CH]1C=Cc2ccccc21.[Cl-].[Cl-]. The minimum atomic E-state index is -1.35. The van der Waals surface area contributed by atoms with Crippen LogP contribution in [0.4, 0.5) is 0 Å². The first-order chi connectivity index (χ1) is 20.4. The molecule has 44 heavy (non-hydrogen) atoms. The number of fused-ring (bicyclic) bond motifs is 3. The third-order valence-corrected chi connectivity index (χ3v) is 18.4. The second kappa shape index (κ2) is 11.9. The third-order valence-electron chi connectivity index (χ3n) is 9.87. The molecule has 0 N–H and O–H groups in total. The third kappa shape index (κ3) is 4.73. The van der Waals surface area contributed by atoms with Crippen molar-refractivity contribution in [1.29, 1.82) is 0 Å². The molecule has 5 aromatic rings. The predicted octanol–water partition coefficient (Wildman–Crippen LogP) is 4.22. The smallest absolute Gasteiger partial charge is 1.00 e. The average molecular weight is 705 g/mol. The zero-order chi connectivity index (χ0) is 28.6. The van der Waals surface area contributed by atoms with Gasteiger partial charge >= 0.3 is 167 Å². The summed E-state index contributed by atoms with van der Waals surface area (Å²) in [5.74, 6) is 0. The van der Waals surface area contributed by atoms with Gasteiger partial charge in [0.2, 0.25) is 0 Å². The fourth-order valence-electron chi connectivity index (χ4n) is 7.98. The number of benzene rings is 5. The molecule has 0 aromatic heterocycles. The Balaban J connectivity index is 0.000000164. The Kier molecular flexibility index (Phi) is 8.44. The van der Waals surface area contributed by atoms with Crippen LogP contribution < -0.4 is 30.0 Å². The molecular formula is C40H34Cl2SiZr. The molecule has 0 radical (unpaired) electrons. The largest absolute Gasteiger partial charge is 1.00 e. The van der Waals surface area contributed by atoms with E-state index in [0.29, 0.717) is 7.25 Å². The van der Waals surface area contributed by atoms with Crippen LogP contribution in [0.25, 0.3) is 44.8 Å². The summed E-state index contributed by atoms with van der Waals surface area (Å²) in [6.07, 6.45) is 7.24. The van der Waals surface area contributed by atoms with Crippen LogP contribution in [0.15, 0.2) is 115 Å². The normalized spacial score (nSPS) is 18.6. The van der Waals surface area contributed by atoms with E-state index < -0.39 is 31.3 Å². The summed E-state index contributed by atoms with van der Waals surface area (Å²) in [4.78, 5) is 0. The van der Waals surface area contributed by atoms with Crippen LogP contribution in [0.3, 0.4) is 0 Å². The Hall–Kier alpha value is -2.74. The second-order valence-electron chi connectivity index (χ2n) is 12.6. The molecule has 4 heteroatoms. The maximum Gasteiger partial charge on any atom is -1.00 e. The monoisotopic (exact) mass is 702 g/mol. The zero-order valence-corrected chi connectivity index (χ0v) is 30.4. The van der Waals surface area contributed by atoms with E-state index in [0.717, 1.165) is 0 Å². The maximum atomic E-state index is 2.49. The molecule has 0 nitrogen and oxygen atoms in total.